The Kier molecular flexibility index (Phi) is 5.55. The summed E-state index contributed by atoms with van der Waals surface area (Å²) >= 11 is 0. The molecule has 0 aliphatic carbocycles. The molecule has 0 spiro atoms. The van der Waals surface area contributed by atoms with Crippen molar-refractivity contribution in [3.05, 3.63) is 114 Å². The number of nitrogens with zero attached hydrogens (tertiary/aromatic N) is 3. The van der Waals surface area contributed by atoms with E-state index in [1.165, 1.54) is 4.90 Å². The molecule has 2 heterocycles. The smallest absolute Gasteiger partial charge is 0.259 e. The van der Waals surface area contributed by atoms with Gasteiger partial charge in [0.1, 0.15) is 6.04 Å². The van der Waals surface area contributed by atoms with Crippen molar-refractivity contribution in [3.8, 4) is 16.9 Å². The second-order valence-corrected chi connectivity index (χ2v) is 8.21. The summed E-state index contributed by atoms with van der Waals surface area (Å²) in [4.78, 5) is 27.5. The topological polar surface area (TPSA) is 67.2 Å². The van der Waals surface area contributed by atoms with Gasteiger partial charge in [-0.25, -0.2) is 4.68 Å². The zero-order chi connectivity index (χ0) is 23.7. The van der Waals surface area contributed by atoms with Gasteiger partial charge in [0.05, 0.1) is 11.4 Å². The summed E-state index contributed by atoms with van der Waals surface area (Å²) in [5.41, 5.74) is 5.46. The van der Waals surface area contributed by atoms with E-state index in [-0.39, 0.29) is 18.4 Å². The SMILES string of the molecule is C=C1c2ccccc2C(=O)N1[C@H](C)C(=O)NCc1cn(-c2ccccc2)nc1-c1ccccc1. The minimum Gasteiger partial charge on any atom is -0.350 e. The van der Waals surface area contributed by atoms with Crippen molar-refractivity contribution in [1.29, 1.82) is 0 Å². The predicted octanol–water partition coefficient (Wildman–Crippen LogP) is 4.67. The molecule has 168 valence electrons. The maximum atomic E-state index is 13.1. The number of para-hydroxylation sites is 1. The number of rotatable bonds is 6. The van der Waals surface area contributed by atoms with Crippen molar-refractivity contribution >= 4 is 17.5 Å². The number of carbonyl (C=O) groups excluding carboxylic acids is 2. The second kappa shape index (κ2) is 8.83. The van der Waals surface area contributed by atoms with E-state index in [9.17, 15) is 9.59 Å². The van der Waals surface area contributed by atoms with Gasteiger partial charge in [-0.3, -0.25) is 14.5 Å². The Hall–Kier alpha value is -4.45. The highest BCUT2D eigenvalue weighted by atomic mass is 16.2. The summed E-state index contributed by atoms with van der Waals surface area (Å²) in [6.07, 6.45) is 1.93. The van der Waals surface area contributed by atoms with Crippen molar-refractivity contribution in [2.45, 2.75) is 19.5 Å². The van der Waals surface area contributed by atoms with Crippen LogP contribution in [0.15, 0.2) is 97.7 Å². The summed E-state index contributed by atoms with van der Waals surface area (Å²) in [7, 11) is 0. The van der Waals surface area contributed by atoms with Crippen molar-refractivity contribution < 1.29 is 9.59 Å². The largest absolute Gasteiger partial charge is 0.350 e. The van der Waals surface area contributed by atoms with Crippen LogP contribution in [0, 0.1) is 0 Å². The number of hydrogen-bond acceptors (Lipinski definition) is 3. The molecular weight excluding hydrogens is 424 g/mol. The van der Waals surface area contributed by atoms with Gasteiger partial charge in [-0.2, -0.15) is 5.10 Å². The van der Waals surface area contributed by atoms with Gasteiger partial charge in [0.2, 0.25) is 5.91 Å². The summed E-state index contributed by atoms with van der Waals surface area (Å²) in [5, 5.41) is 7.78. The van der Waals surface area contributed by atoms with Crippen molar-refractivity contribution in [1.82, 2.24) is 20.0 Å². The predicted molar refractivity (Wildman–Crippen MR) is 132 cm³/mol. The first-order chi connectivity index (χ1) is 16.5. The highest BCUT2D eigenvalue weighted by molar-refractivity contribution is 6.10. The number of benzene rings is 3. The molecule has 4 aromatic rings. The van der Waals surface area contributed by atoms with Crippen molar-refractivity contribution in [2.75, 3.05) is 0 Å². The first kappa shape index (κ1) is 21.4. The molecule has 0 saturated heterocycles. The number of fused-ring (bicyclic) bond motifs is 1. The molecule has 6 nitrogen and oxygen atoms in total. The summed E-state index contributed by atoms with van der Waals surface area (Å²) in [5.74, 6) is -0.459. The van der Waals surface area contributed by atoms with Gasteiger partial charge >= 0.3 is 0 Å². The van der Waals surface area contributed by atoms with Crippen LogP contribution in [-0.4, -0.2) is 32.5 Å². The zero-order valence-corrected chi connectivity index (χ0v) is 18.8. The van der Waals surface area contributed by atoms with Gasteiger partial charge in [0, 0.05) is 40.7 Å². The fraction of sp³-hybridized carbons (Fsp3) is 0.107. The lowest BCUT2D eigenvalue weighted by Crippen LogP contribution is -2.44. The quantitative estimate of drug-likeness (QED) is 0.466. The van der Waals surface area contributed by atoms with Gasteiger partial charge in [0.15, 0.2) is 0 Å². The van der Waals surface area contributed by atoms with E-state index >= 15 is 0 Å². The molecule has 3 aromatic carbocycles. The molecule has 1 aromatic heterocycles. The molecule has 0 fully saturated rings. The van der Waals surface area contributed by atoms with Crippen LogP contribution in [0.4, 0.5) is 0 Å². The van der Waals surface area contributed by atoms with E-state index in [4.69, 9.17) is 5.10 Å². The number of amides is 2. The van der Waals surface area contributed by atoms with Crippen LogP contribution in [0.2, 0.25) is 0 Å². The zero-order valence-electron chi connectivity index (χ0n) is 18.8. The third-order valence-corrected chi connectivity index (χ3v) is 6.06. The van der Waals surface area contributed by atoms with E-state index in [0.29, 0.717) is 11.3 Å². The highest BCUT2D eigenvalue weighted by Crippen LogP contribution is 2.33. The monoisotopic (exact) mass is 448 g/mol. The Morgan fingerprint density at radius 3 is 2.24 bits per heavy atom. The fourth-order valence-corrected chi connectivity index (χ4v) is 4.25. The summed E-state index contributed by atoms with van der Waals surface area (Å²) in [6.45, 7) is 6.05. The minimum atomic E-state index is -0.697. The summed E-state index contributed by atoms with van der Waals surface area (Å²) in [6, 6.07) is 26.3. The number of nitrogens with one attached hydrogen (secondary N) is 1. The normalized spacial score (nSPS) is 13.6. The van der Waals surface area contributed by atoms with E-state index < -0.39 is 6.04 Å². The van der Waals surface area contributed by atoms with Gasteiger partial charge < -0.3 is 5.32 Å². The van der Waals surface area contributed by atoms with Gasteiger partial charge in [-0.1, -0.05) is 73.3 Å². The third kappa shape index (κ3) is 3.79. The number of hydrogen-bond donors (Lipinski definition) is 1. The number of carbonyl (C=O) groups is 2. The van der Waals surface area contributed by atoms with Crippen molar-refractivity contribution in [3.63, 3.8) is 0 Å². The molecule has 1 aliphatic heterocycles. The van der Waals surface area contributed by atoms with E-state index in [1.54, 1.807) is 13.0 Å². The molecule has 0 saturated carbocycles. The standard InChI is InChI=1S/C28H24N4O2/c1-19-24-15-9-10-16-25(24)28(34)32(19)20(2)27(33)29-17-22-18-31(23-13-7-4-8-14-23)30-26(22)21-11-5-3-6-12-21/h3-16,18,20H,1,17H2,2H3,(H,29,33)/t20-/m1/s1. The maximum Gasteiger partial charge on any atom is 0.259 e. The fourth-order valence-electron chi connectivity index (χ4n) is 4.25. The lowest BCUT2D eigenvalue weighted by atomic mass is 10.1. The molecular formula is C28H24N4O2. The first-order valence-corrected chi connectivity index (χ1v) is 11.1. The Bertz CT molecular complexity index is 1340. The van der Waals surface area contributed by atoms with Crippen LogP contribution in [-0.2, 0) is 11.3 Å². The van der Waals surface area contributed by atoms with Gasteiger partial charge in [-0.05, 0) is 25.1 Å². The molecule has 2 amide bonds. The van der Waals surface area contributed by atoms with E-state index in [1.807, 2.05) is 89.7 Å². The van der Waals surface area contributed by atoms with Crippen LogP contribution in [0.3, 0.4) is 0 Å². The van der Waals surface area contributed by atoms with Gasteiger partial charge in [-0.15, -0.1) is 0 Å². The molecule has 1 N–H and O–H groups in total. The second-order valence-electron chi connectivity index (χ2n) is 8.21. The Labute approximate surface area is 198 Å². The third-order valence-electron chi connectivity index (χ3n) is 6.06. The minimum absolute atomic E-state index is 0.204. The van der Waals surface area contributed by atoms with Crippen LogP contribution in [0.1, 0.15) is 28.4 Å². The first-order valence-electron chi connectivity index (χ1n) is 11.1. The van der Waals surface area contributed by atoms with Crippen LogP contribution < -0.4 is 5.32 Å². The molecule has 0 radical (unpaired) electrons. The maximum absolute atomic E-state index is 13.1. The molecule has 0 bridgehead atoms. The van der Waals surface area contributed by atoms with Crippen LogP contribution in [0.5, 0.6) is 0 Å². The molecule has 5 rings (SSSR count). The average molecular weight is 449 g/mol. The average Bonchev–Trinajstić information content (AvgIpc) is 3.42. The molecule has 1 atom stereocenters. The van der Waals surface area contributed by atoms with E-state index in [2.05, 4.69) is 11.9 Å². The Morgan fingerprint density at radius 2 is 1.56 bits per heavy atom. The molecule has 0 unspecified atom stereocenters. The molecule has 1 aliphatic rings. The Balaban J connectivity index is 1.37. The Morgan fingerprint density at radius 1 is 0.941 bits per heavy atom. The molecule has 6 heteroatoms. The van der Waals surface area contributed by atoms with Crippen molar-refractivity contribution in [2.24, 2.45) is 0 Å². The summed E-state index contributed by atoms with van der Waals surface area (Å²) < 4.78 is 1.82. The van der Waals surface area contributed by atoms with Crippen LogP contribution >= 0.6 is 0 Å². The highest BCUT2D eigenvalue weighted by Gasteiger charge is 2.36. The van der Waals surface area contributed by atoms with E-state index in [0.717, 1.165) is 28.1 Å². The van der Waals surface area contributed by atoms with Gasteiger partial charge in [0.25, 0.3) is 5.91 Å². The lowest BCUT2D eigenvalue weighted by Gasteiger charge is -2.24. The number of aromatic nitrogens is 2. The molecule has 34 heavy (non-hydrogen) atoms. The van der Waals surface area contributed by atoms with Crippen LogP contribution in [0.25, 0.3) is 22.6 Å². The lowest BCUT2D eigenvalue weighted by molar-refractivity contribution is -0.124.